The molecule has 128 valence electrons. The highest BCUT2D eigenvalue weighted by molar-refractivity contribution is 5.87. The summed E-state index contributed by atoms with van der Waals surface area (Å²) in [5.41, 5.74) is -0.376. The Hall–Kier alpha value is -1.36. The smallest absolute Gasteiger partial charge is 0.333 e. The first-order chi connectivity index (χ1) is 10.7. The number of carbonyl (C=O) groups is 2. The van der Waals surface area contributed by atoms with E-state index in [-0.39, 0.29) is 35.4 Å². The molecule has 1 saturated heterocycles. The third kappa shape index (κ3) is 1.89. The van der Waals surface area contributed by atoms with Crippen molar-refractivity contribution in [2.45, 2.75) is 58.8 Å². The van der Waals surface area contributed by atoms with Crippen molar-refractivity contribution in [3.8, 4) is 0 Å². The summed E-state index contributed by atoms with van der Waals surface area (Å²) in [5.74, 6) is -0.483. The van der Waals surface area contributed by atoms with Crippen molar-refractivity contribution in [3.05, 3.63) is 12.2 Å². The summed E-state index contributed by atoms with van der Waals surface area (Å²) in [4.78, 5) is 24.4. The molecule has 1 heterocycles. The summed E-state index contributed by atoms with van der Waals surface area (Å²) in [6, 6.07) is 0. The minimum absolute atomic E-state index is 0.138. The van der Waals surface area contributed by atoms with E-state index in [1.54, 1.807) is 14.0 Å². The predicted octanol–water partition coefficient (Wildman–Crippen LogP) is 2.49. The normalized spacial score (nSPS) is 44.3. The van der Waals surface area contributed by atoms with Gasteiger partial charge in [-0.15, -0.1) is 0 Å². The van der Waals surface area contributed by atoms with Gasteiger partial charge in [0, 0.05) is 23.5 Å². The van der Waals surface area contributed by atoms with Crippen LogP contribution in [0.1, 0.15) is 40.5 Å². The number of hydrogen-bond acceptors (Lipinski definition) is 5. The zero-order chi connectivity index (χ0) is 17.2. The Morgan fingerprint density at radius 2 is 2.00 bits per heavy atom. The number of hydrogen-bond donors (Lipinski definition) is 0. The second-order valence-corrected chi connectivity index (χ2v) is 7.87. The van der Waals surface area contributed by atoms with Crippen LogP contribution < -0.4 is 0 Å². The summed E-state index contributed by atoms with van der Waals surface area (Å²) < 4.78 is 17.1. The zero-order valence-corrected chi connectivity index (χ0v) is 14.5. The van der Waals surface area contributed by atoms with E-state index in [4.69, 9.17) is 14.2 Å². The summed E-state index contributed by atoms with van der Waals surface area (Å²) in [5, 5.41) is 0. The molecule has 0 amide bonds. The first-order valence-corrected chi connectivity index (χ1v) is 8.30. The fourth-order valence-corrected chi connectivity index (χ4v) is 5.10. The van der Waals surface area contributed by atoms with Crippen LogP contribution in [0, 0.1) is 22.7 Å². The predicted molar refractivity (Wildman–Crippen MR) is 83.5 cm³/mol. The minimum atomic E-state index is -0.429. The molecule has 3 saturated carbocycles. The third-order valence-electron chi connectivity index (χ3n) is 6.49. The molecular weight excluding hydrogens is 296 g/mol. The molecular formula is C18H26O5. The quantitative estimate of drug-likeness (QED) is 0.588. The molecule has 5 nitrogen and oxygen atoms in total. The van der Waals surface area contributed by atoms with Crippen LogP contribution in [0.25, 0.3) is 0 Å². The number of ether oxygens (including phenoxy) is 3. The van der Waals surface area contributed by atoms with Crippen LogP contribution >= 0.6 is 0 Å². The van der Waals surface area contributed by atoms with Gasteiger partial charge in [0.05, 0.1) is 0 Å². The maximum absolute atomic E-state index is 12.2. The molecule has 0 radical (unpaired) electrons. The van der Waals surface area contributed by atoms with Gasteiger partial charge < -0.3 is 14.2 Å². The lowest BCUT2D eigenvalue weighted by atomic mass is 9.41. The summed E-state index contributed by atoms with van der Waals surface area (Å²) in [7, 11) is 1.64. The van der Waals surface area contributed by atoms with Crippen LogP contribution in [0.2, 0.25) is 0 Å². The SMILES string of the molecule is C=C(C)C(=O)OC1C(OC)C2(C(C)C)CCC1(C)C1OC(=O)C12. The molecule has 23 heavy (non-hydrogen) atoms. The van der Waals surface area contributed by atoms with E-state index in [0.29, 0.717) is 5.57 Å². The van der Waals surface area contributed by atoms with Gasteiger partial charge in [0.15, 0.2) is 0 Å². The Balaban J connectivity index is 2.06. The van der Waals surface area contributed by atoms with Gasteiger partial charge in [-0.3, -0.25) is 4.79 Å². The molecule has 0 aromatic carbocycles. The van der Waals surface area contributed by atoms with E-state index in [0.717, 1.165) is 12.8 Å². The molecule has 6 atom stereocenters. The number of rotatable bonds is 4. The Kier molecular flexibility index (Phi) is 3.63. The van der Waals surface area contributed by atoms with Gasteiger partial charge in [-0.2, -0.15) is 0 Å². The summed E-state index contributed by atoms with van der Waals surface area (Å²) >= 11 is 0. The fourth-order valence-electron chi connectivity index (χ4n) is 5.10. The lowest BCUT2D eigenvalue weighted by Gasteiger charge is -2.69. The topological polar surface area (TPSA) is 61.8 Å². The van der Waals surface area contributed by atoms with Crippen LogP contribution in [0.5, 0.6) is 0 Å². The Bertz CT molecular complexity index is 568. The number of esters is 2. The van der Waals surface area contributed by atoms with Crippen LogP contribution in [-0.4, -0.2) is 37.4 Å². The Morgan fingerprint density at radius 3 is 2.48 bits per heavy atom. The molecule has 0 N–H and O–H groups in total. The van der Waals surface area contributed by atoms with Gasteiger partial charge in [0.2, 0.25) is 0 Å². The van der Waals surface area contributed by atoms with Crippen molar-refractivity contribution in [1.29, 1.82) is 0 Å². The van der Waals surface area contributed by atoms with Gasteiger partial charge >= 0.3 is 11.9 Å². The molecule has 1 aliphatic heterocycles. The highest BCUT2D eigenvalue weighted by Gasteiger charge is 2.77. The number of methoxy groups -OCH3 is 1. The largest absolute Gasteiger partial charge is 0.460 e. The maximum atomic E-state index is 12.2. The highest BCUT2D eigenvalue weighted by atomic mass is 16.6. The van der Waals surface area contributed by atoms with Crippen molar-refractivity contribution in [1.82, 2.24) is 0 Å². The zero-order valence-electron chi connectivity index (χ0n) is 14.5. The van der Waals surface area contributed by atoms with E-state index in [2.05, 4.69) is 20.4 Å². The molecule has 4 rings (SSSR count). The Morgan fingerprint density at radius 1 is 1.35 bits per heavy atom. The second-order valence-electron chi connectivity index (χ2n) is 7.87. The van der Waals surface area contributed by atoms with E-state index in [1.807, 2.05) is 6.92 Å². The first-order valence-electron chi connectivity index (χ1n) is 8.30. The van der Waals surface area contributed by atoms with Gasteiger partial charge in [-0.25, -0.2) is 4.79 Å². The minimum Gasteiger partial charge on any atom is -0.460 e. The van der Waals surface area contributed by atoms with Crippen molar-refractivity contribution < 1.29 is 23.8 Å². The average Bonchev–Trinajstić information content (AvgIpc) is 2.47. The Labute approximate surface area is 137 Å². The van der Waals surface area contributed by atoms with Crippen molar-refractivity contribution >= 4 is 11.9 Å². The van der Waals surface area contributed by atoms with E-state index in [9.17, 15) is 9.59 Å². The molecule has 3 aliphatic carbocycles. The van der Waals surface area contributed by atoms with E-state index in [1.165, 1.54) is 0 Å². The van der Waals surface area contributed by atoms with Crippen molar-refractivity contribution in [2.75, 3.05) is 7.11 Å². The molecule has 0 aromatic heterocycles. The van der Waals surface area contributed by atoms with E-state index < -0.39 is 17.5 Å². The summed E-state index contributed by atoms with van der Waals surface area (Å²) in [6.07, 6.45) is 0.811. The molecule has 4 fully saturated rings. The van der Waals surface area contributed by atoms with Gasteiger partial charge in [-0.1, -0.05) is 27.4 Å². The van der Waals surface area contributed by atoms with Gasteiger partial charge in [0.25, 0.3) is 0 Å². The average molecular weight is 322 g/mol. The molecule has 4 aliphatic rings. The number of carbonyl (C=O) groups excluding carboxylic acids is 2. The molecule has 0 aromatic rings. The van der Waals surface area contributed by atoms with E-state index >= 15 is 0 Å². The number of fused-ring (bicyclic) bond motifs is 2. The van der Waals surface area contributed by atoms with Gasteiger partial charge in [0.1, 0.15) is 24.2 Å². The second kappa shape index (κ2) is 5.07. The fraction of sp³-hybridized carbons (Fsp3) is 0.778. The van der Waals surface area contributed by atoms with Gasteiger partial charge in [-0.05, 0) is 25.7 Å². The van der Waals surface area contributed by atoms with Crippen LogP contribution in [0.3, 0.4) is 0 Å². The van der Waals surface area contributed by atoms with Crippen molar-refractivity contribution in [3.63, 3.8) is 0 Å². The lowest BCUT2D eigenvalue weighted by Crippen LogP contribution is -2.78. The molecule has 2 bridgehead atoms. The summed E-state index contributed by atoms with van der Waals surface area (Å²) in [6.45, 7) is 11.6. The molecule has 5 heteroatoms. The monoisotopic (exact) mass is 322 g/mol. The van der Waals surface area contributed by atoms with Crippen LogP contribution in [0.4, 0.5) is 0 Å². The third-order valence-corrected chi connectivity index (χ3v) is 6.49. The first kappa shape index (κ1) is 16.5. The molecule has 0 spiro atoms. The molecule has 6 unspecified atom stereocenters. The standard InChI is InChI=1S/C18H26O5/c1-9(2)15(19)23-13-14(21-6)18(10(3)4)8-7-17(13,5)12-11(18)16(20)22-12/h10-14H,1,7-8H2,2-6H3. The highest BCUT2D eigenvalue weighted by Crippen LogP contribution is 2.67. The lowest BCUT2D eigenvalue weighted by molar-refractivity contribution is -0.325. The maximum Gasteiger partial charge on any atom is 0.333 e. The van der Waals surface area contributed by atoms with Crippen LogP contribution in [0.15, 0.2) is 12.2 Å². The van der Waals surface area contributed by atoms with Crippen molar-refractivity contribution in [2.24, 2.45) is 22.7 Å². The van der Waals surface area contributed by atoms with Crippen LogP contribution in [-0.2, 0) is 23.8 Å².